The fraction of sp³-hybridized carbons (Fsp3) is 0.417. The van der Waals surface area contributed by atoms with Crippen LogP contribution in [0.4, 0.5) is 0 Å². The summed E-state index contributed by atoms with van der Waals surface area (Å²) in [4.78, 5) is 30.8. The van der Waals surface area contributed by atoms with Crippen LogP contribution >= 0.6 is 11.3 Å². The van der Waals surface area contributed by atoms with Crippen molar-refractivity contribution in [2.75, 3.05) is 26.7 Å². The van der Waals surface area contributed by atoms with E-state index in [2.05, 4.69) is 24.9 Å². The van der Waals surface area contributed by atoms with Crippen LogP contribution in [0.5, 0.6) is 5.75 Å². The van der Waals surface area contributed by atoms with E-state index < -0.39 is 0 Å². The zero-order valence-corrected chi connectivity index (χ0v) is 18.6. The van der Waals surface area contributed by atoms with Crippen molar-refractivity contribution in [2.24, 2.45) is 0 Å². The first-order valence-electron chi connectivity index (χ1n) is 10.5. The molecule has 0 radical (unpaired) electrons. The molecular weight excluding hydrogens is 396 g/mol. The van der Waals surface area contributed by atoms with E-state index >= 15 is 0 Å². The molecule has 1 unspecified atom stereocenters. The average molecular weight is 427 g/mol. The zero-order valence-electron chi connectivity index (χ0n) is 17.8. The van der Waals surface area contributed by atoms with Crippen LogP contribution < -0.4 is 4.74 Å². The van der Waals surface area contributed by atoms with Crippen molar-refractivity contribution in [3.05, 3.63) is 64.4 Å². The summed E-state index contributed by atoms with van der Waals surface area (Å²) in [5.74, 6) is 0.773. The number of carbonyl (C=O) groups is 2. The third kappa shape index (κ3) is 4.93. The second-order valence-electron chi connectivity index (χ2n) is 7.48. The molecule has 0 bridgehead atoms. The Morgan fingerprint density at radius 2 is 2.07 bits per heavy atom. The molecule has 1 aromatic heterocycles. The van der Waals surface area contributed by atoms with Crippen molar-refractivity contribution in [1.82, 2.24) is 9.80 Å². The van der Waals surface area contributed by atoms with Gasteiger partial charge < -0.3 is 14.5 Å². The van der Waals surface area contributed by atoms with Crippen molar-refractivity contribution < 1.29 is 14.3 Å². The zero-order chi connectivity index (χ0) is 21.5. The molecule has 30 heavy (non-hydrogen) atoms. The van der Waals surface area contributed by atoms with Crippen molar-refractivity contribution in [2.45, 2.75) is 38.6 Å². The molecule has 2 amide bonds. The van der Waals surface area contributed by atoms with E-state index in [0.29, 0.717) is 19.5 Å². The van der Waals surface area contributed by atoms with Gasteiger partial charge in [-0.1, -0.05) is 31.6 Å². The number of carbonyl (C=O) groups excluding carboxylic acids is 2. The molecule has 0 saturated carbocycles. The summed E-state index contributed by atoms with van der Waals surface area (Å²) >= 11 is 1.74. The van der Waals surface area contributed by atoms with Gasteiger partial charge in [-0.2, -0.15) is 0 Å². The lowest BCUT2D eigenvalue weighted by Crippen LogP contribution is -2.46. The highest BCUT2D eigenvalue weighted by molar-refractivity contribution is 7.10. The average Bonchev–Trinajstić information content (AvgIpc) is 3.25. The van der Waals surface area contributed by atoms with Gasteiger partial charge in [0.05, 0.1) is 13.2 Å². The maximum atomic E-state index is 13.4. The smallest absolute Gasteiger partial charge is 0.243 e. The Kier molecular flexibility index (Phi) is 7.69. The lowest BCUT2D eigenvalue weighted by Gasteiger charge is -2.37. The number of methoxy groups -OCH3 is 1. The highest BCUT2D eigenvalue weighted by Gasteiger charge is 2.33. The molecule has 0 spiro atoms. The molecule has 0 aliphatic carbocycles. The molecular formula is C24H30N2O3S. The van der Waals surface area contributed by atoms with Gasteiger partial charge in [-0.05, 0) is 47.5 Å². The fourth-order valence-electron chi connectivity index (χ4n) is 3.88. The van der Waals surface area contributed by atoms with Gasteiger partial charge in [0.25, 0.3) is 0 Å². The molecule has 1 atom stereocenters. The topological polar surface area (TPSA) is 49.9 Å². The number of thiophene rings is 1. The van der Waals surface area contributed by atoms with Crippen LogP contribution in [0.2, 0.25) is 0 Å². The van der Waals surface area contributed by atoms with Crippen LogP contribution in [0.25, 0.3) is 0 Å². The van der Waals surface area contributed by atoms with Crippen LogP contribution in [0.1, 0.15) is 48.2 Å². The molecule has 5 nitrogen and oxygen atoms in total. The van der Waals surface area contributed by atoms with Crippen molar-refractivity contribution in [1.29, 1.82) is 0 Å². The standard InChI is InChI=1S/C24H30N2O3S/c1-4-6-7-22(27)25(14-5-2)17-23(28)26-15-12-21-20(13-16-30-21)24(26)18-8-10-19(29-3)11-9-18/h5,8-11,13,16,24H,2,4,6-7,12,14-15,17H2,1,3H3. The molecule has 1 aromatic carbocycles. The van der Waals surface area contributed by atoms with Gasteiger partial charge >= 0.3 is 0 Å². The highest BCUT2D eigenvalue weighted by atomic mass is 32.1. The summed E-state index contributed by atoms with van der Waals surface area (Å²) in [7, 11) is 1.65. The van der Waals surface area contributed by atoms with E-state index in [1.807, 2.05) is 29.2 Å². The van der Waals surface area contributed by atoms with E-state index in [4.69, 9.17) is 4.74 Å². The predicted molar refractivity (Wildman–Crippen MR) is 121 cm³/mol. The first kappa shape index (κ1) is 22.1. The lowest BCUT2D eigenvalue weighted by molar-refractivity contribution is -0.141. The molecule has 2 aromatic rings. The molecule has 0 saturated heterocycles. The van der Waals surface area contributed by atoms with Crippen molar-refractivity contribution in [3.63, 3.8) is 0 Å². The summed E-state index contributed by atoms with van der Waals surface area (Å²) in [5.41, 5.74) is 2.23. The Hall–Kier alpha value is -2.60. The third-order valence-electron chi connectivity index (χ3n) is 5.49. The normalized spacial score (nSPS) is 15.4. The van der Waals surface area contributed by atoms with E-state index in [1.54, 1.807) is 29.4 Å². The molecule has 0 fully saturated rings. The number of nitrogens with zero attached hydrogens (tertiary/aromatic N) is 2. The number of benzene rings is 1. The summed E-state index contributed by atoms with van der Waals surface area (Å²) in [5, 5.41) is 2.09. The molecule has 2 heterocycles. The van der Waals surface area contributed by atoms with Crippen molar-refractivity contribution in [3.8, 4) is 5.75 Å². The summed E-state index contributed by atoms with van der Waals surface area (Å²) in [6.45, 7) is 6.93. The Morgan fingerprint density at radius 3 is 2.73 bits per heavy atom. The van der Waals surface area contributed by atoms with Gasteiger partial charge in [-0.15, -0.1) is 17.9 Å². The maximum absolute atomic E-state index is 13.4. The number of fused-ring (bicyclic) bond motifs is 1. The Balaban J connectivity index is 1.85. The number of ether oxygens (including phenoxy) is 1. The Labute approximate surface area is 182 Å². The van der Waals surface area contributed by atoms with Crippen LogP contribution in [0, 0.1) is 0 Å². The fourth-order valence-corrected chi connectivity index (χ4v) is 4.79. The van der Waals surface area contributed by atoms with E-state index in [9.17, 15) is 9.59 Å². The van der Waals surface area contributed by atoms with Gasteiger partial charge in [0.1, 0.15) is 12.3 Å². The summed E-state index contributed by atoms with van der Waals surface area (Å²) < 4.78 is 5.29. The number of unbranched alkanes of at least 4 members (excludes halogenated alkanes) is 1. The van der Waals surface area contributed by atoms with Gasteiger partial charge in [0.2, 0.25) is 11.8 Å². The molecule has 6 heteroatoms. The largest absolute Gasteiger partial charge is 0.497 e. The molecule has 3 rings (SSSR count). The number of hydrogen-bond acceptors (Lipinski definition) is 4. The monoisotopic (exact) mass is 426 g/mol. The van der Waals surface area contributed by atoms with Crippen molar-refractivity contribution >= 4 is 23.2 Å². The van der Waals surface area contributed by atoms with Crippen LogP contribution in [-0.2, 0) is 16.0 Å². The summed E-state index contributed by atoms with van der Waals surface area (Å²) in [6, 6.07) is 9.86. The second kappa shape index (κ2) is 10.4. The van der Waals surface area contributed by atoms with Gasteiger partial charge in [0, 0.05) is 24.4 Å². The quantitative estimate of drug-likeness (QED) is 0.557. The Morgan fingerprint density at radius 1 is 1.30 bits per heavy atom. The minimum atomic E-state index is -0.144. The van der Waals surface area contributed by atoms with Crippen LogP contribution in [0.3, 0.4) is 0 Å². The third-order valence-corrected chi connectivity index (χ3v) is 6.49. The SMILES string of the molecule is C=CCN(CC(=O)N1CCc2sccc2C1c1ccc(OC)cc1)C(=O)CCCC. The highest BCUT2D eigenvalue weighted by Crippen LogP contribution is 2.38. The van der Waals surface area contributed by atoms with Gasteiger partial charge in [0.15, 0.2) is 0 Å². The maximum Gasteiger partial charge on any atom is 0.243 e. The molecule has 1 aliphatic rings. The molecule has 160 valence electrons. The van der Waals surface area contributed by atoms with Crippen LogP contribution in [0.15, 0.2) is 48.4 Å². The minimum Gasteiger partial charge on any atom is -0.497 e. The predicted octanol–water partition coefficient (Wildman–Crippen LogP) is 4.44. The number of amides is 2. The summed E-state index contributed by atoms with van der Waals surface area (Å²) in [6.07, 6.45) is 4.78. The van der Waals surface area contributed by atoms with Gasteiger partial charge in [-0.3, -0.25) is 9.59 Å². The van der Waals surface area contributed by atoms with Gasteiger partial charge in [-0.25, -0.2) is 0 Å². The number of rotatable bonds is 9. The minimum absolute atomic E-state index is 0.0133. The van der Waals surface area contributed by atoms with E-state index in [1.165, 1.54) is 10.4 Å². The first-order chi connectivity index (χ1) is 14.6. The second-order valence-corrected chi connectivity index (χ2v) is 8.48. The van der Waals surface area contributed by atoms with E-state index in [0.717, 1.165) is 30.6 Å². The number of hydrogen-bond donors (Lipinski definition) is 0. The first-order valence-corrected chi connectivity index (χ1v) is 11.3. The molecule has 1 aliphatic heterocycles. The lowest BCUT2D eigenvalue weighted by atomic mass is 9.93. The van der Waals surface area contributed by atoms with Crippen LogP contribution in [-0.4, -0.2) is 48.4 Å². The molecule has 0 N–H and O–H groups in total. The Bertz CT molecular complexity index is 875. The van der Waals surface area contributed by atoms with E-state index in [-0.39, 0.29) is 24.4 Å².